The second-order valence-corrected chi connectivity index (χ2v) is 2.83. The molecular weight excluding hydrogens is 194 g/mol. The maximum atomic E-state index is 11.6. The molecule has 15 heavy (non-hydrogen) atoms. The lowest BCUT2D eigenvalue weighted by atomic mass is 10.2. The molecule has 0 fully saturated rings. The fraction of sp³-hybridized carbons (Fsp3) is 0.100. The highest BCUT2D eigenvalue weighted by Gasteiger charge is 2.17. The van der Waals surface area contributed by atoms with Crippen molar-refractivity contribution in [2.24, 2.45) is 0 Å². The van der Waals surface area contributed by atoms with Gasteiger partial charge in [-0.15, -0.1) is 0 Å². The highest BCUT2D eigenvalue weighted by Crippen LogP contribution is 2.05. The molecule has 0 bridgehead atoms. The van der Waals surface area contributed by atoms with Crippen molar-refractivity contribution in [1.29, 1.82) is 0 Å². The second kappa shape index (κ2) is 4.36. The molecule has 1 aliphatic rings. The third-order valence-electron chi connectivity index (χ3n) is 1.76. The SMILES string of the molecule is O=C(Nc1ncccn1)C1C=CC=CO1. The van der Waals surface area contributed by atoms with Crippen LogP contribution < -0.4 is 5.32 Å². The number of hydrogen-bond donors (Lipinski definition) is 1. The average Bonchev–Trinajstić information content (AvgIpc) is 2.31. The van der Waals surface area contributed by atoms with E-state index in [9.17, 15) is 4.79 Å². The first-order valence-electron chi connectivity index (χ1n) is 4.43. The summed E-state index contributed by atoms with van der Waals surface area (Å²) in [7, 11) is 0. The van der Waals surface area contributed by atoms with Gasteiger partial charge in [0.15, 0.2) is 6.10 Å². The molecular formula is C10H9N3O2. The lowest BCUT2D eigenvalue weighted by Gasteiger charge is -2.13. The zero-order valence-electron chi connectivity index (χ0n) is 7.83. The van der Waals surface area contributed by atoms with Crippen molar-refractivity contribution in [1.82, 2.24) is 9.97 Å². The van der Waals surface area contributed by atoms with E-state index in [-0.39, 0.29) is 11.9 Å². The van der Waals surface area contributed by atoms with E-state index in [1.165, 1.54) is 6.26 Å². The summed E-state index contributed by atoms with van der Waals surface area (Å²) in [6.45, 7) is 0. The minimum Gasteiger partial charge on any atom is -0.484 e. The Balaban J connectivity index is 1.98. The Hall–Kier alpha value is -2.17. The van der Waals surface area contributed by atoms with Gasteiger partial charge in [-0.25, -0.2) is 9.97 Å². The number of aromatic nitrogens is 2. The number of ether oxygens (including phenoxy) is 1. The van der Waals surface area contributed by atoms with E-state index in [0.717, 1.165) is 0 Å². The molecule has 0 saturated heterocycles. The second-order valence-electron chi connectivity index (χ2n) is 2.83. The predicted molar refractivity (Wildman–Crippen MR) is 53.8 cm³/mol. The fourth-order valence-corrected chi connectivity index (χ4v) is 1.08. The topological polar surface area (TPSA) is 64.1 Å². The zero-order valence-corrected chi connectivity index (χ0v) is 7.83. The first-order chi connectivity index (χ1) is 7.36. The van der Waals surface area contributed by atoms with E-state index in [1.807, 2.05) is 0 Å². The minimum absolute atomic E-state index is 0.272. The number of carbonyl (C=O) groups is 1. The van der Waals surface area contributed by atoms with Crippen LogP contribution in [0.1, 0.15) is 0 Å². The van der Waals surface area contributed by atoms with Crippen molar-refractivity contribution in [3.05, 3.63) is 43.0 Å². The number of rotatable bonds is 2. The van der Waals surface area contributed by atoms with Crippen molar-refractivity contribution in [3.8, 4) is 0 Å². The molecule has 0 saturated carbocycles. The standard InChI is InChI=1S/C10H9N3O2/c14-9(8-4-1-2-7-15-8)13-10-11-5-3-6-12-10/h1-8H,(H,11,12,13,14). The van der Waals surface area contributed by atoms with Crippen LogP contribution in [-0.2, 0) is 9.53 Å². The number of carbonyl (C=O) groups excluding carboxylic acids is 1. The Morgan fingerprint density at radius 1 is 1.33 bits per heavy atom. The van der Waals surface area contributed by atoms with E-state index in [1.54, 1.807) is 36.7 Å². The Bertz CT molecular complexity index is 400. The Morgan fingerprint density at radius 2 is 2.13 bits per heavy atom. The third kappa shape index (κ3) is 2.40. The Morgan fingerprint density at radius 3 is 2.80 bits per heavy atom. The molecule has 0 aromatic carbocycles. The Labute approximate surface area is 86.5 Å². The quantitative estimate of drug-likeness (QED) is 0.775. The summed E-state index contributed by atoms with van der Waals surface area (Å²) in [5.41, 5.74) is 0. The van der Waals surface area contributed by atoms with Gasteiger partial charge in [0, 0.05) is 12.4 Å². The van der Waals surface area contributed by atoms with Gasteiger partial charge in [0.05, 0.1) is 6.26 Å². The van der Waals surface area contributed by atoms with Crippen molar-refractivity contribution in [2.75, 3.05) is 5.32 Å². The molecule has 5 nitrogen and oxygen atoms in total. The van der Waals surface area contributed by atoms with Crippen LogP contribution in [0.15, 0.2) is 43.0 Å². The van der Waals surface area contributed by atoms with Gasteiger partial charge in [-0.3, -0.25) is 10.1 Å². The van der Waals surface area contributed by atoms with E-state index >= 15 is 0 Å². The summed E-state index contributed by atoms with van der Waals surface area (Å²) in [5, 5.41) is 2.54. The molecule has 1 aromatic rings. The summed E-state index contributed by atoms with van der Waals surface area (Å²) < 4.78 is 5.08. The van der Waals surface area contributed by atoms with Crippen molar-refractivity contribution >= 4 is 11.9 Å². The maximum absolute atomic E-state index is 11.6. The van der Waals surface area contributed by atoms with Crippen molar-refractivity contribution in [3.63, 3.8) is 0 Å². The number of amides is 1. The van der Waals surface area contributed by atoms with E-state index in [4.69, 9.17) is 4.74 Å². The van der Waals surface area contributed by atoms with Gasteiger partial charge in [0.25, 0.3) is 5.91 Å². The monoisotopic (exact) mass is 203 g/mol. The third-order valence-corrected chi connectivity index (χ3v) is 1.76. The first-order valence-corrected chi connectivity index (χ1v) is 4.43. The van der Waals surface area contributed by atoms with Gasteiger partial charge in [-0.1, -0.05) is 6.08 Å². The highest BCUT2D eigenvalue weighted by atomic mass is 16.5. The normalized spacial score (nSPS) is 18.3. The summed E-state index contributed by atoms with van der Waals surface area (Å²) in [5.74, 6) is -0.0177. The van der Waals surface area contributed by atoms with Crippen LogP contribution in [0.4, 0.5) is 5.95 Å². The molecule has 1 amide bonds. The van der Waals surface area contributed by atoms with Crippen molar-refractivity contribution < 1.29 is 9.53 Å². The molecule has 0 aliphatic carbocycles. The number of allylic oxidation sites excluding steroid dienone is 2. The first kappa shape index (κ1) is 9.39. The number of nitrogens with one attached hydrogen (secondary N) is 1. The van der Waals surface area contributed by atoms with Gasteiger partial charge in [0.1, 0.15) is 0 Å². The Kier molecular flexibility index (Phi) is 2.73. The summed E-state index contributed by atoms with van der Waals surface area (Å²) in [4.78, 5) is 19.3. The fourth-order valence-electron chi connectivity index (χ4n) is 1.08. The minimum atomic E-state index is -0.612. The van der Waals surface area contributed by atoms with Gasteiger partial charge in [-0.2, -0.15) is 0 Å². The molecule has 2 heterocycles. The summed E-state index contributed by atoms with van der Waals surface area (Å²) in [6.07, 6.45) is 9.08. The van der Waals surface area contributed by atoms with Crippen LogP contribution in [0, 0.1) is 0 Å². The average molecular weight is 203 g/mol. The molecule has 0 radical (unpaired) electrons. The van der Waals surface area contributed by atoms with E-state index in [2.05, 4.69) is 15.3 Å². The van der Waals surface area contributed by atoms with Crippen LogP contribution in [0.25, 0.3) is 0 Å². The number of anilines is 1. The van der Waals surface area contributed by atoms with Gasteiger partial charge >= 0.3 is 0 Å². The molecule has 1 atom stereocenters. The van der Waals surface area contributed by atoms with Crippen LogP contribution in [-0.4, -0.2) is 22.0 Å². The lowest BCUT2D eigenvalue weighted by molar-refractivity contribution is -0.122. The van der Waals surface area contributed by atoms with Crippen LogP contribution >= 0.6 is 0 Å². The maximum Gasteiger partial charge on any atom is 0.271 e. The van der Waals surface area contributed by atoms with Crippen molar-refractivity contribution in [2.45, 2.75) is 6.10 Å². The molecule has 0 spiro atoms. The predicted octanol–water partition coefficient (Wildman–Crippen LogP) is 0.884. The van der Waals surface area contributed by atoms with Gasteiger partial charge in [-0.05, 0) is 18.2 Å². The van der Waals surface area contributed by atoms with Gasteiger partial charge < -0.3 is 4.74 Å². The molecule has 1 aliphatic heterocycles. The van der Waals surface area contributed by atoms with Crippen LogP contribution in [0.3, 0.4) is 0 Å². The molecule has 2 rings (SSSR count). The zero-order chi connectivity index (χ0) is 10.5. The van der Waals surface area contributed by atoms with E-state index < -0.39 is 6.10 Å². The highest BCUT2D eigenvalue weighted by molar-refractivity contribution is 5.94. The van der Waals surface area contributed by atoms with Crippen LogP contribution in [0.2, 0.25) is 0 Å². The molecule has 1 unspecified atom stereocenters. The smallest absolute Gasteiger partial charge is 0.271 e. The molecule has 1 aromatic heterocycles. The van der Waals surface area contributed by atoms with Gasteiger partial charge in [0.2, 0.25) is 5.95 Å². The number of nitrogens with zero attached hydrogens (tertiary/aromatic N) is 2. The largest absolute Gasteiger partial charge is 0.484 e. The number of hydrogen-bond acceptors (Lipinski definition) is 4. The summed E-state index contributed by atoms with van der Waals surface area (Å²) >= 11 is 0. The lowest BCUT2D eigenvalue weighted by Crippen LogP contribution is -2.28. The molecule has 5 heteroatoms. The van der Waals surface area contributed by atoms with Crippen LogP contribution in [0.5, 0.6) is 0 Å². The summed E-state index contributed by atoms with van der Waals surface area (Å²) in [6, 6.07) is 1.68. The van der Waals surface area contributed by atoms with E-state index in [0.29, 0.717) is 0 Å². The molecule has 1 N–H and O–H groups in total. The molecule has 76 valence electrons.